The van der Waals surface area contributed by atoms with Gasteiger partial charge in [-0.2, -0.15) is 0 Å². The molecule has 37 heavy (non-hydrogen) atoms. The maximum absolute atomic E-state index is 13.6. The van der Waals surface area contributed by atoms with Crippen LogP contribution in [0.5, 0.6) is 28.7 Å². The lowest BCUT2D eigenvalue weighted by Crippen LogP contribution is -2.46. The van der Waals surface area contributed by atoms with Gasteiger partial charge in [0.2, 0.25) is 12.5 Å². The summed E-state index contributed by atoms with van der Waals surface area (Å²) in [4.78, 5) is 13.6. The molecule has 1 N–H and O–H groups in total. The number of nitrogens with one attached hydrogen (secondary N) is 1. The molecule has 3 aromatic rings. The van der Waals surface area contributed by atoms with Crippen molar-refractivity contribution in [2.75, 3.05) is 21.0 Å². The summed E-state index contributed by atoms with van der Waals surface area (Å²) in [7, 11) is 3.10. The van der Waals surface area contributed by atoms with Crippen LogP contribution in [0.1, 0.15) is 38.0 Å². The van der Waals surface area contributed by atoms with E-state index in [9.17, 15) is 4.79 Å². The molecule has 0 saturated heterocycles. The van der Waals surface area contributed by atoms with E-state index in [-0.39, 0.29) is 6.79 Å². The van der Waals surface area contributed by atoms with Crippen molar-refractivity contribution < 1.29 is 33.2 Å². The number of carbonyl (C=O) groups excluding carboxylic acids is 1. The molecule has 8 heteroatoms. The van der Waals surface area contributed by atoms with E-state index in [1.807, 2.05) is 63.2 Å². The van der Waals surface area contributed by atoms with Crippen LogP contribution < -0.4 is 29.0 Å². The van der Waals surface area contributed by atoms with Crippen LogP contribution in [-0.4, -0.2) is 38.6 Å². The van der Waals surface area contributed by atoms with Crippen molar-refractivity contribution in [3.8, 4) is 28.7 Å². The summed E-state index contributed by atoms with van der Waals surface area (Å²) in [6.07, 6.45) is -0.835. The number of para-hydroxylation sites is 1. The van der Waals surface area contributed by atoms with Gasteiger partial charge < -0.3 is 28.4 Å². The van der Waals surface area contributed by atoms with Gasteiger partial charge in [0.25, 0.3) is 0 Å². The molecular formula is C29H33NO7. The monoisotopic (exact) mass is 507 g/mol. The molecule has 0 unspecified atom stereocenters. The second-order valence-electron chi connectivity index (χ2n) is 9.52. The lowest BCUT2D eigenvalue weighted by molar-refractivity contribution is -0.160. The summed E-state index contributed by atoms with van der Waals surface area (Å²) in [5, 5.41) is 3.37. The van der Waals surface area contributed by atoms with Crippen LogP contribution in [0, 0.1) is 0 Å². The van der Waals surface area contributed by atoms with E-state index >= 15 is 0 Å². The van der Waals surface area contributed by atoms with Crippen LogP contribution in [0.3, 0.4) is 0 Å². The number of benzene rings is 3. The zero-order valence-electron chi connectivity index (χ0n) is 21.8. The van der Waals surface area contributed by atoms with Crippen LogP contribution in [-0.2, 0) is 16.1 Å². The molecule has 0 radical (unpaired) electrons. The van der Waals surface area contributed by atoms with Crippen molar-refractivity contribution in [3.05, 3.63) is 77.9 Å². The number of hydrogen-bond donors (Lipinski definition) is 1. The zero-order valence-corrected chi connectivity index (χ0v) is 21.8. The van der Waals surface area contributed by atoms with Gasteiger partial charge in [-0.15, -0.1) is 0 Å². The lowest BCUT2D eigenvalue weighted by atomic mass is 10.00. The van der Waals surface area contributed by atoms with Gasteiger partial charge in [-0.05, 0) is 56.2 Å². The topological polar surface area (TPSA) is 84.5 Å². The minimum Gasteiger partial charge on any atom is -0.493 e. The molecule has 0 aromatic heterocycles. The number of fused-ring (bicyclic) bond motifs is 1. The number of carbonyl (C=O) groups is 1. The fourth-order valence-corrected chi connectivity index (χ4v) is 3.98. The van der Waals surface area contributed by atoms with E-state index in [4.69, 9.17) is 28.4 Å². The minimum atomic E-state index is -0.894. The molecule has 2 atom stereocenters. The van der Waals surface area contributed by atoms with Crippen molar-refractivity contribution in [2.24, 2.45) is 0 Å². The first-order valence-electron chi connectivity index (χ1n) is 12.1. The van der Waals surface area contributed by atoms with Gasteiger partial charge in [0.05, 0.1) is 14.2 Å². The molecule has 3 aromatic carbocycles. The summed E-state index contributed by atoms with van der Waals surface area (Å²) in [6.45, 7) is 6.04. The maximum Gasteiger partial charge on any atom is 0.327 e. The molecule has 0 saturated carbocycles. The average molecular weight is 508 g/mol. The molecule has 0 bridgehead atoms. The molecule has 1 aliphatic heterocycles. The Morgan fingerprint density at radius 1 is 0.919 bits per heavy atom. The Kier molecular flexibility index (Phi) is 8.08. The van der Waals surface area contributed by atoms with Gasteiger partial charge in [0.1, 0.15) is 11.6 Å². The largest absolute Gasteiger partial charge is 0.493 e. The van der Waals surface area contributed by atoms with Gasteiger partial charge in [-0.1, -0.05) is 42.5 Å². The van der Waals surface area contributed by atoms with Crippen LogP contribution in [0.2, 0.25) is 0 Å². The summed E-state index contributed by atoms with van der Waals surface area (Å²) >= 11 is 0. The molecule has 0 aliphatic carbocycles. The van der Waals surface area contributed by atoms with Gasteiger partial charge >= 0.3 is 5.97 Å². The third-order valence-electron chi connectivity index (χ3n) is 5.68. The van der Waals surface area contributed by atoms with Crippen molar-refractivity contribution in [3.63, 3.8) is 0 Å². The molecule has 196 valence electrons. The Morgan fingerprint density at radius 3 is 2.24 bits per heavy atom. The molecule has 1 heterocycles. The van der Waals surface area contributed by atoms with Crippen molar-refractivity contribution in [2.45, 2.75) is 45.1 Å². The van der Waals surface area contributed by atoms with Crippen LogP contribution in [0.4, 0.5) is 0 Å². The van der Waals surface area contributed by atoms with Crippen molar-refractivity contribution in [1.29, 1.82) is 0 Å². The van der Waals surface area contributed by atoms with Gasteiger partial charge in [-0.3, -0.25) is 10.1 Å². The highest BCUT2D eigenvalue weighted by Crippen LogP contribution is 2.42. The number of hydrogen-bond acceptors (Lipinski definition) is 8. The standard InChI is InChI=1S/C29H33NO7/c1-29(2,3)37-28(31)25(30-17-19-10-7-6-8-11-19)26(20-14-15-21-24(16-20)35-18-34-21)36-27-22(32-4)12-9-13-23(27)33-5/h6-16,25-26,30H,17-18H2,1-5H3/t25-,26-/m0/s1. The number of esters is 1. The predicted octanol–water partition coefficient (Wildman–Crippen LogP) is 5.05. The smallest absolute Gasteiger partial charge is 0.327 e. The maximum atomic E-state index is 13.6. The first-order valence-corrected chi connectivity index (χ1v) is 12.1. The van der Waals surface area contributed by atoms with E-state index in [2.05, 4.69) is 5.32 Å². The number of methoxy groups -OCH3 is 2. The molecular weight excluding hydrogens is 474 g/mol. The van der Waals surface area contributed by atoms with Crippen molar-refractivity contribution >= 4 is 5.97 Å². The number of rotatable bonds is 10. The highest BCUT2D eigenvalue weighted by molar-refractivity contribution is 5.77. The molecule has 8 nitrogen and oxygen atoms in total. The Bertz CT molecular complexity index is 1180. The number of ether oxygens (including phenoxy) is 6. The van der Waals surface area contributed by atoms with E-state index in [1.54, 1.807) is 38.5 Å². The second-order valence-corrected chi connectivity index (χ2v) is 9.52. The SMILES string of the molecule is COc1cccc(OC)c1O[C@@H](c1ccc2c(c1)OCO2)[C@H](NCc1ccccc1)C(=O)OC(C)(C)C. The van der Waals surface area contributed by atoms with E-state index < -0.39 is 23.7 Å². The van der Waals surface area contributed by atoms with Gasteiger partial charge in [0, 0.05) is 6.54 Å². The summed E-state index contributed by atoms with van der Waals surface area (Å²) in [6, 6.07) is 19.7. The fourth-order valence-electron chi connectivity index (χ4n) is 3.98. The first kappa shape index (κ1) is 26.2. The van der Waals surface area contributed by atoms with Crippen LogP contribution in [0.25, 0.3) is 0 Å². The lowest BCUT2D eigenvalue weighted by Gasteiger charge is -2.31. The van der Waals surface area contributed by atoms with Crippen molar-refractivity contribution in [1.82, 2.24) is 5.32 Å². The summed E-state index contributed by atoms with van der Waals surface area (Å²) in [5.74, 6) is 2.05. The second kappa shape index (κ2) is 11.4. The van der Waals surface area contributed by atoms with Crippen LogP contribution in [0.15, 0.2) is 66.7 Å². The summed E-state index contributed by atoms with van der Waals surface area (Å²) < 4.78 is 34.6. The summed E-state index contributed by atoms with van der Waals surface area (Å²) in [5.41, 5.74) is 0.995. The third-order valence-corrected chi connectivity index (χ3v) is 5.68. The zero-order chi connectivity index (χ0) is 26.4. The molecule has 0 spiro atoms. The molecule has 0 amide bonds. The van der Waals surface area contributed by atoms with Gasteiger partial charge in [-0.25, -0.2) is 0 Å². The Morgan fingerprint density at radius 2 is 1.59 bits per heavy atom. The van der Waals surface area contributed by atoms with E-state index in [1.165, 1.54) is 0 Å². The quantitative estimate of drug-likeness (QED) is 0.382. The highest BCUT2D eigenvalue weighted by Gasteiger charge is 2.37. The van der Waals surface area contributed by atoms with E-state index in [0.717, 1.165) is 5.56 Å². The highest BCUT2D eigenvalue weighted by atomic mass is 16.7. The average Bonchev–Trinajstić information content (AvgIpc) is 3.35. The molecule has 0 fully saturated rings. The normalized spacial score (nSPS) is 14.0. The minimum absolute atomic E-state index is 0.131. The molecule has 4 rings (SSSR count). The Balaban J connectivity index is 1.78. The van der Waals surface area contributed by atoms with Gasteiger partial charge in [0.15, 0.2) is 29.1 Å². The first-order chi connectivity index (χ1) is 17.8. The predicted molar refractivity (Wildman–Crippen MR) is 138 cm³/mol. The Hall–Kier alpha value is -3.91. The molecule has 1 aliphatic rings. The van der Waals surface area contributed by atoms with E-state index in [0.29, 0.717) is 40.9 Å². The Labute approximate surface area is 217 Å². The van der Waals surface area contributed by atoms with Crippen LogP contribution >= 0.6 is 0 Å². The fraction of sp³-hybridized carbons (Fsp3) is 0.345. The third kappa shape index (κ3) is 6.46.